The first-order chi connectivity index (χ1) is 24.8. The van der Waals surface area contributed by atoms with Crippen molar-refractivity contribution in [3.63, 3.8) is 0 Å². The molecule has 0 N–H and O–H groups in total. The third-order valence-electron chi connectivity index (χ3n) is 9.63. The van der Waals surface area contributed by atoms with E-state index < -0.39 is 0 Å². The van der Waals surface area contributed by atoms with E-state index >= 15 is 0 Å². The molecule has 0 aliphatic rings. The summed E-state index contributed by atoms with van der Waals surface area (Å²) in [5.41, 5.74) is 12.0. The topological polar surface area (TPSA) is 43.9 Å². The van der Waals surface area contributed by atoms with Crippen molar-refractivity contribution < 1.29 is 4.42 Å². The molecular weight excluding hydrogens is 611 g/mol. The molecule has 0 saturated carbocycles. The zero-order chi connectivity index (χ0) is 33.0. The number of fused-ring (bicyclic) bond motifs is 6. The average molecular weight is 640 g/mol. The summed E-state index contributed by atoms with van der Waals surface area (Å²) < 4.78 is 9.27. The summed E-state index contributed by atoms with van der Waals surface area (Å²) in [6, 6.07) is 61.2. The van der Waals surface area contributed by atoms with E-state index in [1.54, 1.807) is 0 Å². The summed E-state index contributed by atoms with van der Waals surface area (Å²) in [5.74, 6) is 0.679. The SMILES string of the molecule is c1ccc(-c2cc(-c3cccc4c3oc3c(-c5ccc6c(c5)c5ccccc5n6-c5ccccc5)cccc34)nc(-c3ccccc3)n2)cc1. The van der Waals surface area contributed by atoms with Crippen molar-refractivity contribution in [2.45, 2.75) is 0 Å². The van der Waals surface area contributed by atoms with Gasteiger partial charge in [-0.25, -0.2) is 9.97 Å². The van der Waals surface area contributed by atoms with Crippen molar-refractivity contribution >= 4 is 43.7 Å². The molecule has 0 unspecified atom stereocenters. The second-order valence-corrected chi connectivity index (χ2v) is 12.6. The third-order valence-corrected chi connectivity index (χ3v) is 9.63. The summed E-state index contributed by atoms with van der Waals surface area (Å²) >= 11 is 0. The van der Waals surface area contributed by atoms with Gasteiger partial charge in [0, 0.05) is 49.5 Å². The average Bonchev–Trinajstić information content (AvgIpc) is 3.74. The van der Waals surface area contributed by atoms with Gasteiger partial charge in [-0.05, 0) is 48.0 Å². The first kappa shape index (κ1) is 28.3. The summed E-state index contributed by atoms with van der Waals surface area (Å²) in [6.07, 6.45) is 0. The van der Waals surface area contributed by atoms with Gasteiger partial charge >= 0.3 is 0 Å². The molecule has 0 aliphatic heterocycles. The molecule has 10 aromatic rings. The largest absolute Gasteiger partial charge is 0.455 e. The molecule has 3 aromatic heterocycles. The molecule has 0 atom stereocenters. The molecule has 0 fully saturated rings. The molecule has 4 nitrogen and oxygen atoms in total. The van der Waals surface area contributed by atoms with Crippen LogP contribution in [0.25, 0.3) is 94.5 Å². The number of benzene rings is 7. The molecule has 0 amide bonds. The quantitative estimate of drug-likeness (QED) is 0.188. The van der Waals surface area contributed by atoms with Gasteiger partial charge < -0.3 is 8.98 Å². The molecule has 234 valence electrons. The maximum Gasteiger partial charge on any atom is 0.160 e. The molecule has 50 heavy (non-hydrogen) atoms. The van der Waals surface area contributed by atoms with E-state index in [1.807, 2.05) is 36.4 Å². The second-order valence-electron chi connectivity index (χ2n) is 12.6. The van der Waals surface area contributed by atoms with Crippen LogP contribution in [0.3, 0.4) is 0 Å². The summed E-state index contributed by atoms with van der Waals surface area (Å²) in [7, 11) is 0. The van der Waals surface area contributed by atoms with E-state index in [4.69, 9.17) is 14.4 Å². The van der Waals surface area contributed by atoms with Crippen molar-refractivity contribution in [1.82, 2.24) is 14.5 Å². The number of hydrogen-bond acceptors (Lipinski definition) is 3. The maximum atomic E-state index is 6.92. The minimum absolute atomic E-state index is 0.679. The number of para-hydroxylation sites is 4. The van der Waals surface area contributed by atoms with Gasteiger partial charge in [-0.2, -0.15) is 0 Å². The highest BCUT2D eigenvalue weighted by molar-refractivity contribution is 6.15. The van der Waals surface area contributed by atoms with Crippen LogP contribution in [0.5, 0.6) is 0 Å². The second kappa shape index (κ2) is 11.4. The van der Waals surface area contributed by atoms with Crippen LogP contribution in [-0.2, 0) is 0 Å². The number of nitrogens with zero attached hydrogens (tertiary/aromatic N) is 3. The lowest BCUT2D eigenvalue weighted by Crippen LogP contribution is -1.96. The van der Waals surface area contributed by atoms with E-state index in [2.05, 4.69) is 144 Å². The van der Waals surface area contributed by atoms with Crippen molar-refractivity contribution in [3.05, 3.63) is 176 Å². The number of rotatable bonds is 5. The van der Waals surface area contributed by atoms with Crippen molar-refractivity contribution in [1.29, 1.82) is 0 Å². The Hall–Kier alpha value is -6.78. The van der Waals surface area contributed by atoms with Crippen LogP contribution in [0.1, 0.15) is 0 Å². The minimum atomic E-state index is 0.679. The Bertz CT molecular complexity index is 2800. The molecule has 0 bridgehead atoms. The Morgan fingerprint density at radius 1 is 0.380 bits per heavy atom. The van der Waals surface area contributed by atoms with Gasteiger partial charge in [0.1, 0.15) is 11.2 Å². The number of aromatic nitrogens is 3. The van der Waals surface area contributed by atoms with Gasteiger partial charge in [0.05, 0.1) is 22.4 Å². The molecule has 0 radical (unpaired) electrons. The highest BCUT2D eigenvalue weighted by atomic mass is 16.3. The van der Waals surface area contributed by atoms with Gasteiger partial charge in [-0.1, -0.05) is 133 Å². The van der Waals surface area contributed by atoms with Crippen molar-refractivity contribution in [2.75, 3.05) is 0 Å². The lowest BCUT2D eigenvalue weighted by atomic mass is 9.99. The van der Waals surface area contributed by atoms with Crippen LogP contribution in [-0.4, -0.2) is 14.5 Å². The van der Waals surface area contributed by atoms with Gasteiger partial charge in [0.15, 0.2) is 5.82 Å². The molecule has 7 aromatic carbocycles. The third kappa shape index (κ3) is 4.54. The van der Waals surface area contributed by atoms with Crippen LogP contribution >= 0.6 is 0 Å². The van der Waals surface area contributed by atoms with E-state index in [0.29, 0.717) is 5.82 Å². The fourth-order valence-corrected chi connectivity index (χ4v) is 7.30. The first-order valence-corrected chi connectivity index (χ1v) is 16.8. The van der Waals surface area contributed by atoms with Crippen LogP contribution in [0, 0.1) is 0 Å². The molecule has 3 heterocycles. The fourth-order valence-electron chi connectivity index (χ4n) is 7.30. The Balaban J connectivity index is 1.17. The smallest absolute Gasteiger partial charge is 0.160 e. The lowest BCUT2D eigenvalue weighted by Gasteiger charge is -2.09. The van der Waals surface area contributed by atoms with E-state index in [0.717, 1.165) is 66.8 Å². The zero-order valence-electron chi connectivity index (χ0n) is 27.0. The molecule has 10 rings (SSSR count). The first-order valence-electron chi connectivity index (χ1n) is 16.8. The highest BCUT2D eigenvalue weighted by Crippen LogP contribution is 2.42. The Morgan fingerprint density at radius 2 is 0.960 bits per heavy atom. The van der Waals surface area contributed by atoms with Gasteiger partial charge in [-0.15, -0.1) is 0 Å². The Kier molecular flexibility index (Phi) is 6.46. The van der Waals surface area contributed by atoms with Crippen molar-refractivity contribution in [3.8, 4) is 50.7 Å². The normalized spacial score (nSPS) is 11.6. The highest BCUT2D eigenvalue weighted by Gasteiger charge is 2.19. The minimum Gasteiger partial charge on any atom is -0.455 e. The van der Waals surface area contributed by atoms with Crippen LogP contribution < -0.4 is 0 Å². The lowest BCUT2D eigenvalue weighted by molar-refractivity contribution is 0.671. The van der Waals surface area contributed by atoms with E-state index in [-0.39, 0.29) is 0 Å². The summed E-state index contributed by atoms with van der Waals surface area (Å²) in [6.45, 7) is 0. The summed E-state index contributed by atoms with van der Waals surface area (Å²) in [5, 5.41) is 4.56. The standard InChI is InChI=1S/C46H29N3O/c1-4-14-30(15-5-1)40-29-41(48-46(47-40)31-16-6-2-7-17-31)38-24-13-23-37-36-22-12-21-34(44(36)50-45(37)38)32-26-27-43-39(28-32)35-20-10-11-25-42(35)49(43)33-18-8-3-9-19-33/h1-29H. The molecule has 4 heteroatoms. The molecule has 0 saturated heterocycles. The van der Waals surface area contributed by atoms with E-state index in [1.165, 1.54) is 21.8 Å². The molecule has 0 aliphatic carbocycles. The van der Waals surface area contributed by atoms with Gasteiger partial charge in [0.2, 0.25) is 0 Å². The fraction of sp³-hybridized carbons (Fsp3) is 0. The van der Waals surface area contributed by atoms with Crippen LogP contribution in [0.15, 0.2) is 180 Å². The van der Waals surface area contributed by atoms with Gasteiger partial charge in [-0.3, -0.25) is 0 Å². The number of furan rings is 1. The van der Waals surface area contributed by atoms with Crippen LogP contribution in [0.4, 0.5) is 0 Å². The summed E-state index contributed by atoms with van der Waals surface area (Å²) in [4.78, 5) is 10.1. The van der Waals surface area contributed by atoms with Crippen molar-refractivity contribution in [2.24, 2.45) is 0 Å². The Labute approximate surface area is 288 Å². The molecule has 0 spiro atoms. The zero-order valence-corrected chi connectivity index (χ0v) is 27.0. The monoisotopic (exact) mass is 639 g/mol. The predicted octanol–water partition coefficient (Wildman–Crippen LogP) is 12.1. The molecular formula is C46H29N3O. The van der Waals surface area contributed by atoms with Crippen LogP contribution in [0.2, 0.25) is 0 Å². The van der Waals surface area contributed by atoms with Gasteiger partial charge in [0.25, 0.3) is 0 Å². The maximum absolute atomic E-state index is 6.92. The predicted molar refractivity (Wildman–Crippen MR) is 205 cm³/mol. The Morgan fingerprint density at radius 3 is 1.72 bits per heavy atom. The van der Waals surface area contributed by atoms with E-state index in [9.17, 15) is 0 Å². The number of hydrogen-bond donors (Lipinski definition) is 0.